The van der Waals surface area contributed by atoms with E-state index in [1.807, 2.05) is 32.2 Å². The van der Waals surface area contributed by atoms with Gasteiger partial charge in [-0.25, -0.2) is 4.98 Å². The number of thiazole rings is 1. The molecule has 14 heavy (non-hydrogen) atoms. The van der Waals surface area contributed by atoms with E-state index in [2.05, 4.69) is 4.98 Å². The number of ketones is 1. The fourth-order valence-corrected chi connectivity index (χ4v) is 2.07. The van der Waals surface area contributed by atoms with E-state index in [1.54, 1.807) is 11.3 Å². The molecule has 0 saturated carbocycles. The molecule has 0 fully saturated rings. The number of carbonyl (C=O) groups excluding carboxylic acids is 1. The van der Waals surface area contributed by atoms with Gasteiger partial charge in [0.15, 0.2) is 5.78 Å². The Kier molecular flexibility index (Phi) is 4.01. The lowest BCUT2D eigenvalue weighted by atomic mass is 10.1. The first-order valence-corrected chi connectivity index (χ1v) is 5.64. The Morgan fingerprint density at radius 1 is 1.64 bits per heavy atom. The Balaban J connectivity index is 2.66. The molecule has 0 atom stereocenters. The second kappa shape index (κ2) is 5.05. The van der Waals surface area contributed by atoms with Gasteiger partial charge in [-0.3, -0.25) is 4.79 Å². The molecule has 1 aromatic heterocycles. The second-order valence-corrected chi connectivity index (χ2v) is 4.09. The molecule has 0 spiro atoms. The van der Waals surface area contributed by atoms with Crippen molar-refractivity contribution in [3.05, 3.63) is 27.7 Å². The zero-order chi connectivity index (χ0) is 10.6. The molecular weight excluding hydrogens is 194 g/mol. The van der Waals surface area contributed by atoms with Gasteiger partial charge in [-0.2, -0.15) is 0 Å². The molecular formula is C11H15NOS. The Bertz CT molecular complexity index is 352. The number of aryl methyl sites for hydroxylation is 1. The molecule has 0 unspecified atom stereocenters. The van der Waals surface area contributed by atoms with Gasteiger partial charge in [0.25, 0.3) is 0 Å². The third kappa shape index (κ3) is 2.77. The summed E-state index contributed by atoms with van der Waals surface area (Å²) in [5, 5.41) is 2.89. The summed E-state index contributed by atoms with van der Waals surface area (Å²) in [5.74, 6) is 0.198. The summed E-state index contributed by atoms with van der Waals surface area (Å²) in [6, 6.07) is 0. The van der Waals surface area contributed by atoms with Crippen LogP contribution >= 0.6 is 11.3 Å². The molecule has 3 heteroatoms. The highest BCUT2D eigenvalue weighted by atomic mass is 32.1. The molecule has 1 aromatic rings. The summed E-state index contributed by atoms with van der Waals surface area (Å²) in [6.45, 7) is 5.85. The number of hydrogen-bond acceptors (Lipinski definition) is 3. The van der Waals surface area contributed by atoms with E-state index in [4.69, 9.17) is 0 Å². The van der Waals surface area contributed by atoms with Crippen LogP contribution in [0.2, 0.25) is 0 Å². The highest BCUT2D eigenvalue weighted by molar-refractivity contribution is 7.09. The third-order valence-corrected chi connectivity index (χ3v) is 3.03. The Labute approximate surface area is 88.7 Å². The SMILES string of the molecule is CC=C(CC)C(=O)Cc1nc(C)cs1. The van der Waals surface area contributed by atoms with Crippen LogP contribution < -0.4 is 0 Å². The van der Waals surface area contributed by atoms with Crippen molar-refractivity contribution in [3.63, 3.8) is 0 Å². The lowest BCUT2D eigenvalue weighted by Crippen LogP contribution is -2.05. The van der Waals surface area contributed by atoms with Gasteiger partial charge in [0.1, 0.15) is 5.01 Å². The van der Waals surface area contributed by atoms with Crippen LogP contribution in [0.5, 0.6) is 0 Å². The molecule has 0 amide bonds. The van der Waals surface area contributed by atoms with E-state index in [0.717, 1.165) is 22.7 Å². The summed E-state index contributed by atoms with van der Waals surface area (Å²) in [4.78, 5) is 16.0. The van der Waals surface area contributed by atoms with Crippen molar-refractivity contribution >= 4 is 17.1 Å². The maximum Gasteiger partial charge on any atom is 0.165 e. The first kappa shape index (κ1) is 11.1. The average Bonchev–Trinajstić information content (AvgIpc) is 2.53. The fraction of sp³-hybridized carbons (Fsp3) is 0.455. The van der Waals surface area contributed by atoms with Gasteiger partial charge in [-0.1, -0.05) is 13.0 Å². The van der Waals surface area contributed by atoms with Crippen molar-refractivity contribution in [1.29, 1.82) is 0 Å². The maximum absolute atomic E-state index is 11.7. The van der Waals surface area contributed by atoms with Gasteiger partial charge in [-0.05, 0) is 25.8 Å². The van der Waals surface area contributed by atoms with E-state index in [1.165, 1.54) is 0 Å². The summed E-state index contributed by atoms with van der Waals surface area (Å²) in [6.07, 6.45) is 3.15. The molecule has 1 heterocycles. The van der Waals surface area contributed by atoms with Gasteiger partial charge < -0.3 is 0 Å². The van der Waals surface area contributed by atoms with Crippen LogP contribution in [-0.2, 0) is 11.2 Å². The number of nitrogens with zero attached hydrogens (tertiary/aromatic N) is 1. The van der Waals surface area contributed by atoms with Gasteiger partial charge >= 0.3 is 0 Å². The minimum Gasteiger partial charge on any atom is -0.294 e. The monoisotopic (exact) mass is 209 g/mol. The summed E-state index contributed by atoms with van der Waals surface area (Å²) in [5.41, 5.74) is 1.90. The summed E-state index contributed by atoms with van der Waals surface area (Å²) >= 11 is 1.56. The van der Waals surface area contributed by atoms with E-state index in [-0.39, 0.29) is 5.78 Å². The van der Waals surface area contributed by atoms with Crippen LogP contribution in [0.1, 0.15) is 31.0 Å². The highest BCUT2D eigenvalue weighted by Crippen LogP contribution is 2.13. The largest absolute Gasteiger partial charge is 0.294 e. The number of aromatic nitrogens is 1. The molecule has 0 N–H and O–H groups in total. The number of carbonyl (C=O) groups is 1. The molecule has 0 aliphatic rings. The van der Waals surface area contributed by atoms with Crippen LogP contribution in [0.4, 0.5) is 0 Å². The van der Waals surface area contributed by atoms with E-state index < -0.39 is 0 Å². The molecule has 0 bridgehead atoms. The van der Waals surface area contributed by atoms with Crippen LogP contribution in [-0.4, -0.2) is 10.8 Å². The van der Waals surface area contributed by atoms with E-state index in [9.17, 15) is 4.79 Å². The number of allylic oxidation sites excluding steroid dienone is 2. The van der Waals surface area contributed by atoms with Crippen LogP contribution in [0.25, 0.3) is 0 Å². The molecule has 76 valence electrons. The zero-order valence-corrected chi connectivity index (χ0v) is 9.65. The van der Waals surface area contributed by atoms with E-state index >= 15 is 0 Å². The van der Waals surface area contributed by atoms with Crippen molar-refractivity contribution in [2.24, 2.45) is 0 Å². The van der Waals surface area contributed by atoms with Crippen molar-refractivity contribution in [3.8, 4) is 0 Å². The standard InChI is InChI=1S/C11H15NOS/c1-4-9(5-2)10(13)6-11-12-8(3)7-14-11/h4,7H,5-6H2,1-3H3. The van der Waals surface area contributed by atoms with Crippen molar-refractivity contribution < 1.29 is 4.79 Å². The van der Waals surface area contributed by atoms with Crippen molar-refractivity contribution in [2.75, 3.05) is 0 Å². The Morgan fingerprint density at radius 2 is 2.36 bits per heavy atom. The summed E-state index contributed by atoms with van der Waals surface area (Å²) in [7, 11) is 0. The maximum atomic E-state index is 11.7. The third-order valence-electron chi connectivity index (χ3n) is 2.07. The topological polar surface area (TPSA) is 30.0 Å². The Hall–Kier alpha value is -0.960. The highest BCUT2D eigenvalue weighted by Gasteiger charge is 2.09. The van der Waals surface area contributed by atoms with E-state index in [0.29, 0.717) is 6.42 Å². The van der Waals surface area contributed by atoms with Crippen molar-refractivity contribution in [2.45, 2.75) is 33.6 Å². The quantitative estimate of drug-likeness (QED) is 0.714. The average molecular weight is 209 g/mol. The van der Waals surface area contributed by atoms with Crippen LogP contribution in [0.15, 0.2) is 17.0 Å². The predicted molar refractivity (Wildman–Crippen MR) is 59.6 cm³/mol. The molecule has 0 aliphatic heterocycles. The molecule has 0 radical (unpaired) electrons. The first-order chi connectivity index (χ1) is 6.67. The molecule has 0 saturated heterocycles. The first-order valence-electron chi connectivity index (χ1n) is 4.76. The number of Topliss-reactive ketones (excluding diaryl/α,β-unsaturated/α-hetero) is 1. The lowest BCUT2D eigenvalue weighted by Gasteiger charge is -1.99. The second-order valence-electron chi connectivity index (χ2n) is 3.15. The van der Waals surface area contributed by atoms with Crippen LogP contribution in [0, 0.1) is 6.92 Å². The molecule has 1 rings (SSSR count). The number of rotatable bonds is 4. The van der Waals surface area contributed by atoms with Gasteiger partial charge in [0, 0.05) is 11.1 Å². The minimum atomic E-state index is 0.198. The van der Waals surface area contributed by atoms with Crippen LogP contribution in [0.3, 0.4) is 0 Å². The van der Waals surface area contributed by atoms with Gasteiger partial charge in [-0.15, -0.1) is 11.3 Å². The molecule has 0 aliphatic carbocycles. The predicted octanol–water partition coefficient (Wildman–Crippen LogP) is 2.92. The van der Waals surface area contributed by atoms with Gasteiger partial charge in [0.2, 0.25) is 0 Å². The van der Waals surface area contributed by atoms with Gasteiger partial charge in [0.05, 0.1) is 6.42 Å². The Morgan fingerprint density at radius 3 is 2.79 bits per heavy atom. The molecule has 0 aromatic carbocycles. The van der Waals surface area contributed by atoms with Crippen molar-refractivity contribution in [1.82, 2.24) is 4.98 Å². The lowest BCUT2D eigenvalue weighted by molar-refractivity contribution is -0.115. The number of hydrogen-bond donors (Lipinski definition) is 0. The fourth-order valence-electron chi connectivity index (χ4n) is 1.30. The smallest absolute Gasteiger partial charge is 0.165 e. The normalized spacial score (nSPS) is 11.8. The molecule has 2 nitrogen and oxygen atoms in total. The zero-order valence-electron chi connectivity index (χ0n) is 8.83. The minimum absolute atomic E-state index is 0.198. The summed E-state index contributed by atoms with van der Waals surface area (Å²) < 4.78 is 0.